The molecule has 1 amide bonds. The first-order valence-corrected chi connectivity index (χ1v) is 6.49. The molecule has 5 heteroatoms. The van der Waals surface area contributed by atoms with Crippen LogP contribution in [-0.2, 0) is 9.47 Å². The third kappa shape index (κ3) is 4.46. The summed E-state index contributed by atoms with van der Waals surface area (Å²) in [6.07, 6.45) is -0.238. The molecule has 0 aromatic heterocycles. The smallest absolute Gasteiger partial charge is 0.410 e. The Kier molecular flexibility index (Phi) is 4.99. The molecule has 0 aliphatic carbocycles. The van der Waals surface area contributed by atoms with Gasteiger partial charge >= 0.3 is 6.09 Å². The van der Waals surface area contributed by atoms with E-state index >= 15 is 0 Å². The Balaban J connectivity index is 2.58. The van der Waals surface area contributed by atoms with Crippen LogP contribution in [-0.4, -0.2) is 55.0 Å². The second-order valence-electron chi connectivity index (χ2n) is 6.09. The summed E-state index contributed by atoms with van der Waals surface area (Å²) in [5.41, 5.74) is -0.455. The molecule has 1 heterocycles. The van der Waals surface area contributed by atoms with Crippen molar-refractivity contribution in [1.82, 2.24) is 10.2 Å². The highest BCUT2D eigenvalue weighted by Gasteiger charge is 2.37. The summed E-state index contributed by atoms with van der Waals surface area (Å²) in [6, 6.07) is 0.536. The van der Waals surface area contributed by atoms with Gasteiger partial charge in [-0.15, -0.1) is 0 Å². The lowest BCUT2D eigenvalue weighted by Crippen LogP contribution is -2.44. The minimum atomic E-state index is -0.455. The second kappa shape index (κ2) is 5.89. The predicted octanol–water partition coefficient (Wildman–Crippen LogP) is 1.62. The maximum absolute atomic E-state index is 12.0. The van der Waals surface area contributed by atoms with E-state index < -0.39 is 5.60 Å². The molecular weight excluding hydrogens is 232 g/mol. The summed E-state index contributed by atoms with van der Waals surface area (Å²) in [7, 11) is 1.68. The van der Waals surface area contributed by atoms with Crippen molar-refractivity contribution < 1.29 is 14.3 Å². The molecule has 0 bridgehead atoms. The Morgan fingerprint density at radius 1 is 1.33 bits per heavy atom. The molecule has 0 radical (unpaired) electrons. The molecule has 1 aliphatic heterocycles. The van der Waals surface area contributed by atoms with E-state index in [1.807, 2.05) is 20.8 Å². The molecule has 1 N–H and O–H groups in total. The van der Waals surface area contributed by atoms with Gasteiger partial charge in [-0.2, -0.15) is 0 Å². The number of nitrogens with zero attached hydrogens (tertiary/aromatic N) is 1. The van der Waals surface area contributed by atoms with Crippen LogP contribution in [0, 0.1) is 0 Å². The van der Waals surface area contributed by atoms with Crippen molar-refractivity contribution in [3.63, 3.8) is 0 Å². The standard InChI is InChI=1S/C13H26N2O3/c1-9(2)14-10-7-15(8-11(10)17-6)12(16)18-13(3,4)5/h9-11,14H,7-8H2,1-6H3/t10-,11+/m0/s1. The van der Waals surface area contributed by atoms with Gasteiger partial charge in [0, 0.05) is 19.7 Å². The lowest BCUT2D eigenvalue weighted by molar-refractivity contribution is 0.0252. The largest absolute Gasteiger partial charge is 0.444 e. The summed E-state index contributed by atoms with van der Waals surface area (Å²) in [4.78, 5) is 13.7. The second-order valence-corrected chi connectivity index (χ2v) is 6.09. The quantitative estimate of drug-likeness (QED) is 0.835. The third-order valence-corrected chi connectivity index (χ3v) is 2.77. The monoisotopic (exact) mass is 258 g/mol. The van der Waals surface area contributed by atoms with Gasteiger partial charge in [-0.05, 0) is 20.8 Å². The zero-order valence-corrected chi connectivity index (χ0v) is 12.3. The summed E-state index contributed by atoms with van der Waals surface area (Å²) in [6.45, 7) is 11.0. The van der Waals surface area contributed by atoms with Crippen LogP contribution in [0.15, 0.2) is 0 Å². The van der Waals surface area contributed by atoms with Crippen molar-refractivity contribution >= 4 is 6.09 Å². The number of nitrogens with one attached hydrogen (secondary N) is 1. The molecule has 1 saturated heterocycles. The first kappa shape index (κ1) is 15.2. The summed E-state index contributed by atoms with van der Waals surface area (Å²) in [5.74, 6) is 0. The van der Waals surface area contributed by atoms with Crippen LogP contribution in [0.25, 0.3) is 0 Å². The number of ether oxygens (including phenoxy) is 2. The predicted molar refractivity (Wildman–Crippen MR) is 70.7 cm³/mol. The Labute approximate surface area is 110 Å². The molecule has 1 aliphatic rings. The highest BCUT2D eigenvalue weighted by molar-refractivity contribution is 5.68. The number of carbonyl (C=O) groups is 1. The highest BCUT2D eigenvalue weighted by atomic mass is 16.6. The van der Waals surface area contributed by atoms with Gasteiger partial charge in [-0.1, -0.05) is 13.8 Å². The summed E-state index contributed by atoms with van der Waals surface area (Å²) >= 11 is 0. The van der Waals surface area contributed by atoms with Crippen molar-refractivity contribution in [2.24, 2.45) is 0 Å². The van der Waals surface area contributed by atoms with Crippen LogP contribution in [0.4, 0.5) is 4.79 Å². The maximum Gasteiger partial charge on any atom is 0.410 e. The van der Waals surface area contributed by atoms with Crippen molar-refractivity contribution in [1.29, 1.82) is 0 Å². The molecule has 2 atom stereocenters. The molecule has 0 unspecified atom stereocenters. The van der Waals surface area contributed by atoms with E-state index in [1.54, 1.807) is 12.0 Å². The van der Waals surface area contributed by atoms with Crippen molar-refractivity contribution in [2.75, 3.05) is 20.2 Å². The zero-order valence-electron chi connectivity index (χ0n) is 12.3. The third-order valence-electron chi connectivity index (χ3n) is 2.77. The van der Waals surface area contributed by atoms with Gasteiger partial charge < -0.3 is 19.7 Å². The van der Waals surface area contributed by atoms with Gasteiger partial charge in [0.2, 0.25) is 0 Å². The number of likely N-dealkylation sites (tertiary alicyclic amines) is 1. The Morgan fingerprint density at radius 2 is 1.94 bits per heavy atom. The molecule has 18 heavy (non-hydrogen) atoms. The van der Waals surface area contributed by atoms with E-state index in [4.69, 9.17) is 9.47 Å². The normalized spacial score (nSPS) is 24.7. The zero-order chi connectivity index (χ0) is 13.9. The van der Waals surface area contributed by atoms with Gasteiger partial charge in [-0.25, -0.2) is 4.79 Å². The van der Waals surface area contributed by atoms with Crippen LogP contribution < -0.4 is 5.32 Å². The van der Waals surface area contributed by atoms with Gasteiger partial charge in [0.15, 0.2) is 0 Å². The average molecular weight is 258 g/mol. The van der Waals surface area contributed by atoms with E-state index in [9.17, 15) is 4.79 Å². The average Bonchev–Trinajstić information content (AvgIpc) is 2.57. The van der Waals surface area contributed by atoms with E-state index in [2.05, 4.69) is 19.2 Å². The molecule has 1 rings (SSSR count). The number of methoxy groups -OCH3 is 1. The molecule has 0 aromatic carbocycles. The number of carbonyl (C=O) groups excluding carboxylic acids is 1. The minimum absolute atomic E-state index is 0.0277. The van der Waals surface area contributed by atoms with Crippen LogP contribution in [0.1, 0.15) is 34.6 Å². The van der Waals surface area contributed by atoms with Crippen molar-refractivity contribution in [3.05, 3.63) is 0 Å². The lowest BCUT2D eigenvalue weighted by atomic mass is 10.2. The van der Waals surface area contributed by atoms with E-state index in [0.717, 1.165) is 0 Å². The van der Waals surface area contributed by atoms with Gasteiger partial charge in [0.05, 0.1) is 18.7 Å². The number of rotatable bonds is 3. The van der Waals surface area contributed by atoms with Gasteiger partial charge in [-0.3, -0.25) is 0 Å². The highest BCUT2D eigenvalue weighted by Crippen LogP contribution is 2.17. The Bertz CT molecular complexity index is 286. The molecule has 0 aromatic rings. The fourth-order valence-corrected chi connectivity index (χ4v) is 2.08. The van der Waals surface area contributed by atoms with E-state index in [1.165, 1.54) is 0 Å². The van der Waals surface area contributed by atoms with Crippen molar-refractivity contribution in [2.45, 2.75) is 58.4 Å². The number of hydrogen-bond donors (Lipinski definition) is 1. The SMILES string of the molecule is CO[C@@H]1CN(C(=O)OC(C)(C)C)C[C@@H]1NC(C)C. The lowest BCUT2D eigenvalue weighted by Gasteiger charge is -2.24. The van der Waals surface area contributed by atoms with Crippen LogP contribution in [0.5, 0.6) is 0 Å². The molecular formula is C13H26N2O3. The summed E-state index contributed by atoms with van der Waals surface area (Å²) in [5, 5.41) is 3.42. The Hall–Kier alpha value is -0.810. The number of hydrogen-bond acceptors (Lipinski definition) is 4. The van der Waals surface area contributed by atoms with Gasteiger partial charge in [0.1, 0.15) is 5.60 Å². The fraction of sp³-hybridized carbons (Fsp3) is 0.923. The fourth-order valence-electron chi connectivity index (χ4n) is 2.08. The van der Waals surface area contributed by atoms with Crippen LogP contribution in [0.2, 0.25) is 0 Å². The minimum Gasteiger partial charge on any atom is -0.444 e. The topological polar surface area (TPSA) is 50.8 Å². The first-order chi connectivity index (χ1) is 8.23. The Morgan fingerprint density at radius 3 is 2.39 bits per heavy atom. The first-order valence-electron chi connectivity index (χ1n) is 6.49. The van der Waals surface area contributed by atoms with Gasteiger partial charge in [0.25, 0.3) is 0 Å². The summed E-state index contributed by atoms with van der Waals surface area (Å²) < 4.78 is 10.8. The maximum atomic E-state index is 12.0. The van der Waals surface area contributed by atoms with Crippen molar-refractivity contribution in [3.8, 4) is 0 Å². The van der Waals surface area contributed by atoms with E-state index in [-0.39, 0.29) is 18.2 Å². The van der Waals surface area contributed by atoms with Crippen LogP contribution >= 0.6 is 0 Å². The van der Waals surface area contributed by atoms with Crippen LogP contribution in [0.3, 0.4) is 0 Å². The van der Waals surface area contributed by atoms with E-state index in [0.29, 0.717) is 19.1 Å². The molecule has 0 saturated carbocycles. The molecule has 5 nitrogen and oxygen atoms in total. The molecule has 1 fully saturated rings. The molecule has 106 valence electrons. The molecule has 0 spiro atoms. The number of amides is 1.